The van der Waals surface area contributed by atoms with Gasteiger partial charge < -0.3 is 9.84 Å². The minimum Gasteiger partial charge on any atom is -0.474 e. The van der Waals surface area contributed by atoms with Gasteiger partial charge in [0.15, 0.2) is 0 Å². The average molecular weight is 243 g/mol. The van der Waals surface area contributed by atoms with E-state index in [1.54, 1.807) is 12.1 Å². The summed E-state index contributed by atoms with van der Waals surface area (Å²) >= 11 is 0. The fourth-order valence-electron chi connectivity index (χ4n) is 1.21. The van der Waals surface area contributed by atoms with Crippen LogP contribution in [-0.2, 0) is 10.2 Å². The molecule has 0 aromatic heterocycles. The zero-order valence-electron chi connectivity index (χ0n) is 9.83. The molecule has 0 spiro atoms. The number of alkyl halides is 2. The minimum absolute atomic E-state index is 0.103. The maximum Gasteiger partial charge on any atom is 0.501 e. The molecule has 94 valence electrons. The van der Waals surface area contributed by atoms with Gasteiger partial charge in [-0.2, -0.15) is 8.78 Å². The smallest absolute Gasteiger partial charge is 0.474 e. The highest BCUT2D eigenvalue weighted by Gasteiger charge is 2.42. The number of ether oxygens (including phenoxy) is 1. The molecule has 1 aromatic carbocycles. The number of halogens is 2. The molecule has 3 nitrogen and oxygen atoms in total. The Labute approximate surface area is 98.0 Å². The molecule has 0 heterocycles. The monoisotopic (exact) mass is 243 g/mol. The Morgan fingerprint density at radius 2 is 1.65 bits per heavy atom. The van der Waals surface area contributed by atoms with E-state index in [2.05, 4.69) is 4.74 Å². The second-order valence-electron chi connectivity index (χ2n) is 4.70. The maximum atomic E-state index is 12.7. The Morgan fingerprint density at radius 3 is 2.00 bits per heavy atom. The molecule has 0 aliphatic rings. The number of hydrogen-bond donors (Lipinski definition) is 1. The molecule has 1 rings (SSSR count). The Bertz CT molecular complexity index is 405. The maximum absolute atomic E-state index is 12.7. The Hall–Kier alpha value is -1.65. The summed E-state index contributed by atoms with van der Waals surface area (Å²) in [6.07, 6.45) is -4.21. The van der Waals surface area contributed by atoms with Crippen molar-refractivity contribution < 1.29 is 23.4 Å². The lowest BCUT2D eigenvalue weighted by Gasteiger charge is -2.19. The van der Waals surface area contributed by atoms with Crippen molar-refractivity contribution in [1.29, 1.82) is 0 Å². The van der Waals surface area contributed by atoms with Crippen LogP contribution in [-0.4, -0.2) is 17.2 Å². The van der Waals surface area contributed by atoms with Crippen LogP contribution in [0.5, 0.6) is 5.75 Å². The first-order valence-electron chi connectivity index (χ1n) is 5.04. The molecule has 0 saturated carbocycles. The van der Waals surface area contributed by atoms with Crippen LogP contribution in [0.3, 0.4) is 0 Å². The molecule has 0 saturated heterocycles. The molecular weight excluding hydrogens is 229 g/mol. The van der Waals surface area contributed by atoms with Crippen LogP contribution in [0.2, 0.25) is 0 Å². The fraction of sp³-hybridized carbons (Fsp3) is 0.417. The first kappa shape index (κ1) is 13.4. The minimum atomic E-state index is -4.21. The van der Waals surface area contributed by atoms with Gasteiger partial charge >= 0.3 is 12.1 Å². The summed E-state index contributed by atoms with van der Waals surface area (Å²) in [5, 5.41) is 8.21. The standard InChI is InChI=1S/C12H14F2O3/c1-11(2,3)8-4-6-9(7-5-8)17-12(13,14)10(15)16/h4-7H,1-3H3,(H,15,16)/i13-1. The van der Waals surface area contributed by atoms with Gasteiger partial charge in [-0.05, 0) is 23.1 Å². The highest BCUT2D eigenvalue weighted by atomic mass is 19.2. The van der Waals surface area contributed by atoms with Crippen LogP contribution >= 0.6 is 0 Å². The first-order chi connectivity index (χ1) is 7.63. The number of carboxylic acid groups (broad SMARTS) is 1. The van der Waals surface area contributed by atoms with Crippen LogP contribution in [0, 0.1) is 0 Å². The first-order valence-corrected chi connectivity index (χ1v) is 5.04. The predicted octanol–water partition coefficient (Wildman–Crippen LogP) is 3.04. The van der Waals surface area contributed by atoms with Crippen LogP contribution in [0.4, 0.5) is 8.78 Å². The molecule has 1 N–H and O–H groups in total. The Morgan fingerprint density at radius 1 is 1.18 bits per heavy atom. The van der Waals surface area contributed by atoms with Gasteiger partial charge in [-0.15, -0.1) is 0 Å². The van der Waals surface area contributed by atoms with Crippen molar-refractivity contribution >= 4 is 5.97 Å². The number of aliphatic carboxylic acids is 1. The summed E-state index contributed by atoms with van der Waals surface area (Å²) in [5.41, 5.74) is 0.844. The largest absolute Gasteiger partial charge is 0.501 e. The zero-order valence-corrected chi connectivity index (χ0v) is 9.83. The van der Waals surface area contributed by atoms with E-state index in [0.29, 0.717) is 0 Å². The van der Waals surface area contributed by atoms with Gasteiger partial charge in [0.25, 0.3) is 0 Å². The number of carboxylic acids is 1. The van der Waals surface area contributed by atoms with Crippen LogP contribution in [0.25, 0.3) is 0 Å². The van der Waals surface area contributed by atoms with Crippen molar-refractivity contribution in [3.8, 4) is 5.75 Å². The molecule has 1 atom stereocenters. The normalized spacial score (nSPS) is 15.1. The molecular formula is C12H14F2O3. The summed E-state index contributed by atoms with van der Waals surface area (Å²) in [7, 11) is 0. The van der Waals surface area contributed by atoms with Crippen LogP contribution < -0.4 is 4.74 Å². The second-order valence-corrected chi connectivity index (χ2v) is 4.70. The molecule has 0 aliphatic heterocycles. The van der Waals surface area contributed by atoms with Crippen LogP contribution in [0.15, 0.2) is 24.3 Å². The van der Waals surface area contributed by atoms with Gasteiger partial charge in [0.1, 0.15) is 5.75 Å². The van der Waals surface area contributed by atoms with Gasteiger partial charge in [-0.3, -0.25) is 0 Å². The van der Waals surface area contributed by atoms with E-state index in [0.717, 1.165) is 5.56 Å². The topological polar surface area (TPSA) is 46.5 Å². The van der Waals surface area contributed by atoms with Crippen molar-refractivity contribution in [1.82, 2.24) is 0 Å². The lowest BCUT2D eigenvalue weighted by Crippen LogP contribution is -2.34. The molecule has 0 fully saturated rings. The summed E-state index contributed by atoms with van der Waals surface area (Å²) in [4.78, 5) is 10.2. The Balaban J connectivity index is 2.86. The SMILES string of the molecule is CC(C)(C)c1ccc(OC(F)([18F])C(=O)O)cc1. The van der Waals surface area contributed by atoms with E-state index in [9.17, 15) is 13.6 Å². The molecule has 1 unspecified atom stereocenters. The number of rotatable bonds is 3. The average Bonchev–Trinajstić information content (AvgIpc) is 2.16. The predicted molar refractivity (Wildman–Crippen MR) is 58.4 cm³/mol. The van der Waals surface area contributed by atoms with Gasteiger partial charge in [0, 0.05) is 0 Å². The van der Waals surface area contributed by atoms with Crippen molar-refractivity contribution in [2.24, 2.45) is 0 Å². The van der Waals surface area contributed by atoms with E-state index in [1.165, 1.54) is 12.1 Å². The third-order valence-electron chi connectivity index (χ3n) is 2.22. The molecule has 17 heavy (non-hydrogen) atoms. The number of benzene rings is 1. The number of hydrogen-bond acceptors (Lipinski definition) is 2. The van der Waals surface area contributed by atoms with Crippen molar-refractivity contribution in [3.63, 3.8) is 0 Å². The molecule has 1 aromatic rings. The van der Waals surface area contributed by atoms with Gasteiger partial charge in [0.05, 0.1) is 0 Å². The van der Waals surface area contributed by atoms with Crippen molar-refractivity contribution in [2.45, 2.75) is 32.3 Å². The second kappa shape index (κ2) is 4.31. The molecule has 0 amide bonds. The highest BCUT2D eigenvalue weighted by Crippen LogP contribution is 2.27. The quantitative estimate of drug-likeness (QED) is 0.887. The van der Waals surface area contributed by atoms with E-state index in [1.807, 2.05) is 20.8 Å². The van der Waals surface area contributed by atoms with Gasteiger partial charge in [-0.25, -0.2) is 4.79 Å². The van der Waals surface area contributed by atoms with Gasteiger partial charge in [0.2, 0.25) is 0 Å². The summed E-state index contributed by atoms with van der Waals surface area (Å²) in [6, 6.07) is 5.93. The molecule has 5 heteroatoms. The van der Waals surface area contributed by atoms with E-state index in [-0.39, 0.29) is 11.2 Å². The molecule has 0 bridgehead atoms. The zero-order chi connectivity index (χ0) is 13.3. The highest BCUT2D eigenvalue weighted by molar-refractivity contribution is 5.73. The Kier molecular flexibility index (Phi) is 3.40. The van der Waals surface area contributed by atoms with Crippen molar-refractivity contribution in [2.75, 3.05) is 0 Å². The third-order valence-corrected chi connectivity index (χ3v) is 2.22. The van der Waals surface area contributed by atoms with E-state index >= 15 is 0 Å². The van der Waals surface area contributed by atoms with Crippen molar-refractivity contribution in [3.05, 3.63) is 29.8 Å². The molecule has 0 aliphatic carbocycles. The lowest BCUT2D eigenvalue weighted by molar-refractivity contribution is -0.210. The van der Waals surface area contributed by atoms with Crippen LogP contribution in [0.1, 0.15) is 26.3 Å². The molecule has 0 radical (unpaired) electrons. The lowest BCUT2D eigenvalue weighted by atomic mass is 9.87. The summed E-state index contributed by atoms with van der Waals surface area (Å²) in [5.74, 6) is -2.48. The summed E-state index contributed by atoms with van der Waals surface area (Å²) in [6.45, 7) is 5.94. The van der Waals surface area contributed by atoms with E-state index in [4.69, 9.17) is 5.11 Å². The summed E-state index contributed by atoms with van der Waals surface area (Å²) < 4.78 is 29.6. The van der Waals surface area contributed by atoms with E-state index < -0.39 is 12.1 Å². The fourth-order valence-corrected chi connectivity index (χ4v) is 1.21. The number of carbonyl (C=O) groups is 1. The van der Waals surface area contributed by atoms with Gasteiger partial charge in [-0.1, -0.05) is 32.9 Å². The third kappa shape index (κ3) is 3.41.